The van der Waals surface area contributed by atoms with Crippen molar-refractivity contribution in [2.75, 3.05) is 6.54 Å². The highest BCUT2D eigenvalue weighted by Crippen LogP contribution is 2.17. The van der Waals surface area contributed by atoms with Crippen LogP contribution in [0.4, 0.5) is 0 Å². The van der Waals surface area contributed by atoms with Crippen molar-refractivity contribution in [2.24, 2.45) is 0 Å². The highest BCUT2D eigenvalue weighted by Gasteiger charge is 2.14. The number of sulfonamides is 1. The first kappa shape index (κ1) is 10.2. The normalized spacial score (nSPS) is 12.1. The van der Waals surface area contributed by atoms with Crippen molar-refractivity contribution < 1.29 is 8.42 Å². The number of fused-ring (bicyclic) bond motifs is 1. The maximum atomic E-state index is 11.7. The third-order valence-corrected chi connectivity index (χ3v) is 3.60. The van der Waals surface area contributed by atoms with Crippen LogP contribution in [-0.4, -0.2) is 19.9 Å². The first-order valence-corrected chi connectivity index (χ1v) is 6.19. The maximum absolute atomic E-state index is 11.7. The van der Waals surface area contributed by atoms with Gasteiger partial charge in [0.1, 0.15) is 5.03 Å². The van der Waals surface area contributed by atoms with Gasteiger partial charge in [0.05, 0.1) is 0 Å². The predicted molar refractivity (Wildman–Crippen MR) is 59.2 cm³/mol. The molecule has 0 bridgehead atoms. The average molecular weight is 224 g/mol. The third-order valence-electron chi connectivity index (χ3n) is 2.13. The fourth-order valence-corrected chi connectivity index (χ4v) is 2.52. The van der Waals surface area contributed by atoms with E-state index in [1.54, 1.807) is 13.0 Å². The fourth-order valence-electron chi connectivity index (χ4n) is 1.46. The van der Waals surface area contributed by atoms with Crippen molar-refractivity contribution in [3.63, 3.8) is 0 Å². The van der Waals surface area contributed by atoms with Gasteiger partial charge in [0.25, 0.3) is 10.0 Å². The standard InChI is InChI=1S/C10H12N2O2S/c1-2-11-15(13,14)10-7-8-5-3-4-6-9(8)12-10/h3-7,11-12H,2H2,1H3. The van der Waals surface area contributed by atoms with E-state index in [0.29, 0.717) is 6.54 Å². The molecule has 0 aliphatic heterocycles. The van der Waals surface area contributed by atoms with E-state index < -0.39 is 10.0 Å². The van der Waals surface area contributed by atoms with Crippen molar-refractivity contribution in [3.05, 3.63) is 30.3 Å². The minimum Gasteiger partial charge on any atom is -0.345 e. The number of rotatable bonds is 3. The van der Waals surface area contributed by atoms with Crippen LogP contribution in [0.5, 0.6) is 0 Å². The Morgan fingerprint density at radius 3 is 2.73 bits per heavy atom. The zero-order valence-corrected chi connectivity index (χ0v) is 9.14. The van der Waals surface area contributed by atoms with Crippen LogP contribution in [0.1, 0.15) is 6.92 Å². The van der Waals surface area contributed by atoms with E-state index in [2.05, 4.69) is 9.71 Å². The first-order valence-electron chi connectivity index (χ1n) is 4.71. The van der Waals surface area contributed by atoms with Crippen molar-refractivity contribution in [2.45, 2.75) is 11.9 Å². The molecule has 0 amide bonds. The first-order chi connectivity index (χ1) is 7.13. The molecule has 1 aromatic carbocycles. The summed E-state index contributed by atoms with van der Waals surface area (Å²) in [5.41, 5.74) is 0.828. The van der Waals surface area contributed by atoms with Gasteiger partial charge in [-0.05, 0) is 12.1 Å². The lowest BCUT2D eigenvalue weighted by atomic mass is 10.3. The molecular formula is C10H12N2O2S. The lowest BCUT2D eigenvalue weighted by Crippen LogP contribution is -2.23. The van der Waals surface area contributed by atoms with Crippen LogP contribution in [-0.2, 0) is 10.0 Å². The molecule has 15 heavy (non-hydrogen) atoms. The quantitative estimate of drug-likeness (QED) is 0.829. The number of nitrogens with one attached hydrogen (secondary N) is 2. The van der Waals surface area contributed by atoms with Crippen LogP contribution in [0, 0.1) is 0 Å². The summed E-state index contributed by atoms with van der Waals surface area (Å²) < 4.78 is 25.8. The molecule has 0 aliphatic carbocycles. The van der Waals surface area contributed by atoms with Crippen LogP contribution >= 0.6 is 0 Å². The highest BCUT2D eigenvalue weighted by atomic mass is 32.2. The summed E-state index contributed by atoms with van der Waals surface area (Å²) in [5.74, 6) is 0. The van der Waals surface area contributed by atoms with E-state index in [0.717, 1.165) is 10.9 Å². The Balaban J connectivity index is 2.54. The molecule has 5 heteroatoms. The predicted octanol–water partition coefficient (Wildman–Crippen LogP) is 1.47. The molecule has 2 N–H and O–H groups in total. The van der Waals surface area contributed by atoms with E-state index in [-0.39, 0.29) is 5.03 Å². The van der Waals surface area contributed by atoms with Crippen molar-refractivity contribution in [1.82, 2.24) is 9.71 Å². The molecule has 4 nitrogen and oxygen atoms in total. The largest absolute Gasteiger partial charge is 0.345 e. The molecule has 2 rings (SSSR count). The minimum absolute atomic E-state index is 0.213. The Labute approximate surface area is 88.4 Å². The molecular weight excluding hydrogens is 212 g/mol. The molecule has 0 unspecified atom stereocenters. The summed E-state index contributed by atoms with van der Waals surface area (Å²) in [6, 6.07) is 9.09. The number of para-hydroxylation sites is 1. The average Bonchev–Trinajstić information content (AvgIpc) is 2.61. The van der Waals surface area contributed by atoms with Crippen molar-refractivity contribution in [3.8, 4) is 0 Å². The van der Waals surface area contributed by atoms with Gasteiger partial charge in [-0.2, -0.15) is 0 Å². The Kier molecular flexibility index (Phi) is 2.50. The van der Waals surface area contributed by atoms with Gasteiger partial charge in [0, 0.05) is 17.4 Å². The van der Waals surface area contributed by atoms with Crippen LogP contribution < -0.4 is 4.72 Å². The monoisotopic (exact) mass is 224 g/mol. The molecule has 80 valence electrons. The van der Waals surface area contributed by atoms with Crippen molar-refractivity contribution in [1.29, 1.82) is 0 Å². The Morgan fingerprint density at radius 2 is 2.07 bits per heavy atom. The molecule has 2 aromatic rings. The molecule has 0 saturated carbocycles. The van der Waals surface area contributed by atoms with Crippen LogP contribution in [0.3, 0.4) is 0 Å². The van der Waals surface area contributed by atoms with Gasteiger partial charge in [0.2, 0.25) is 0 Å². The number of hydrogen-bond acceptors (Lipinski definition) is 2. The van der Waals surface area contributed by atoms with Gasteiger partial charge < -0.3 is 4.98 Å². The topological polar surface area (TPSA) is 62.0 Å². The summed E-state index contributed by atoms with van der Waals surface area (Å²) in [4.78, 5) is 2.87. The second-order valence-electron chi connectivity index (χ2n) is 3.22. The van der Waals surface area contributed by atoms with Gasteiger partial charge in [0.15, 0.2) is 0 Å². The SMILES string of the molecule is CCNS(=O)(=O)c1cc2ccccc2[nH]1. The van der Waals surface area contributed by atoms with Gasteiger partial charge >= 0.3 is 0 Å². The van der Waals surface area contributed by atoms with E-state index in [1.807, 2.05) is 24.3 Å². The van der Waals surface area contributed by atoms with Gasteiger partial charge in [-0.15, -0.1) is 0 Å². The van der Waals surface area contributed by atoms with E-state index in [1.165, 1.54) is 0 Å². The summed E-state index contributed by atoms with van der Waals surface area (Å²) in [6.45, 7) is 2.14. The van der Waals surface area contributed by atoms with Gasteiger partial charge in [-0.25, -0.2) is 13.1 Å². The Hall–Kier alpha value is -1.33. The maximum Gasteiger partial charge on any atom is 0.256 e. The molecule has 1 heterocycles. The third kappa shape index (κ3) is 1.88. The Bertz CT molecular complexity index is 539. The highest BCUT2D eigenvalue weighted by molar-refractivity contribution is 7.89. The lowest BCUT2D eigenvalue weighted by Gasteiger charge is -1.99. The molecule has 0 fully saturated rings. The molecule has 0 radical (unpaired) electrons. The molecule has 0 saturated heterocycles. The number of hydrogen-bond donors (Lipinski definition) is 2. The fraction of sp³-hybridized carbons (Fsp3) is 0.200. The lowest BCUT2D eigenvalue weighted by molar-refractivity contribution is 0.581. The second kappa shape index (κ2) is 3.67. The minimum atomic E-state index is -3.38. The smallest absolute Gasteiger partial charge is 0.256 e. The van der Waals surface area contributed by atoms with Crippen molar-refractivity contribution >= 4 is 20.9 Å². The number of H-pyrrole nitrogens is 1. The van der Waals surface area contributed by atoms with Gasteiger partial charge in [-0.1, -0.05) is 25.1 Å². The summed E-state index contributed by atoms with van der Waals surface area (Å²) >= 11 is 0. The second-order valence-corrected chi connectivity index (χ2v) is 4.96. The van der Waals surface area contributed by atoms with E-state index in [4.69, 9.17) is 0 Å². The number of aromatic amines is 1. The summed E-state index contributed by atoms with van der Waals surface area (Å²) in [5, 5.41) is 1.11. The Morgan fingerprint density at radius 1 is 1.33 bits per heavy atom. The molecule has 1 aromatic heterocycles. The molecule has 0 atom stereocenters. The summed E-state index contributed by atoms with van der Waals surface area (Å²) in [7, 11) is -3.38. The zero-order chi connectivity index (χ0) is 10.9. The van der Waals surface area contributed by atoms with E-state index in [9.17, 15) is 8.42 Å². The molecule has 0 spiro atoms. The van der Waals surface area contributed by atoms with E-state index >= 15 is 0 Å². The molecule has 0 aliphatic rings. The zero-order valence-electron chi connectivity index (χ0n) is 8.32. The van der Waals surface area contributed by atoms with Crippen LogP contribution in [0.15, 0.2) is 35.4 Å². The van der Waals surface area contributed by atoms with Crippen LogP contribution in [0.2, 0.25) is 0 Å². The van der Waals surface area contributed by atoms with Crippen LogP contribution in [0.25, 0.3) is 10.9 Å². The van der Waals surface area contributed by atoms with Gasteiger partial charge in [-0.3, -0.25) is 0 Å². The number of benzene rings is 1. The number of aromatic nitrogens is 1. The summed E-state index contributed by atoms with van der Waals surface area (Å²) in [6.07, 6.45) is 0.